The van der Waals surface area contributed by atoms with Crippen LogP contribution in [0.3, 0.4) is 0 Å². The van der Waals surface area contributed by atoms with Crippen LogP contribution in [-0.2, 0) is 26.2 Å². The lowest BCUT2D eigenvalue weighted by atomic mass is 10.1. The van der Waals surface area contributed by atoms with E-state index in [1.165, 1.54) is 22.8 Å². The molecule has 0 saturated heterocycles. The van der Waals surface area contributed by atoms with Crippen molar-refractivity contribution in [3.63, 3.8) is 0 Å². The van der Waals surface area contributed by atoms with Crippen LogP contribution in [0.15, 0.2) is 64.2 Å². The van der Waals surface area contributed by atoms with Crippen molar-refractivity contribution < 1.29 is 9.85 Å². The molecule has 244 valence electrons. The van der Waals surface area contributed by atoms with Gasteiger partial charge in [0.2, 0.25) is 0 Å². The van der Waals surface area contributed by atoms with Crippen LogP contribution < -0.4 is 11.2 Å². The molecule has 0 aliphatic carbocycles. The Morgan fingerprint density at radius 2 is 1.11 bits per heavy atom. The molecule has 1 aromatic heterocycles. The van der Waals surface area contributed by atoms with Crippen LogP contribution >= 0.6 is 0 Å². The smallest absolute Gasteiger partial charge is 0.299 e. The molecule has 3 aromatic rings. The summed E-state index contributed by atoms with van der Waals surface area (Å²) in [6.45, 7) is 10.9. The van der Waals surface area contributed by atoms with E-state index in [-0.39, 0.29) is 32.5 Å². The van der Waals surface area contributed by atoms with E-state index in [0.29, 0.717) is 49.4 Å². The first-order chi connectivity index (χ1) is 21.7. The minimum atomic E-state index is -0.348. The van der Waals surface area contributed by atoms with Gasteiger partial charge in [-0.2, -0.15) is 0 Å². The predicted octanol–water partition coefficient (Wildman–Crippen LogP) is 5.52. The van der Waals surface area contributed by atoms with Crippen molar-refractivity contribution in [1.29, 1.82) is 0 Å². The van der Waals surface area contributed by atoms with E-state index in [1.54, 1.807) is 35.8 Å². The molecule has 3 rings (SSSR count). The summed E-state index contributed by atoms with van der Waals surface area (Å²) < 4.78 is 3.00. The second-order valence-electron chi connectivity index (χ2n) is 11.3. The van der Waals surface area contributed by atoms with Crippen LogP contribution in [0.5, 0.6) is 0 Å². The third-order valence-corrected chi connectivity index (χ3v) is 8.26. The van der Waals surface area contributed by atoms with Crippen molar-refractivity contribution in [2.45, 2.75) is 85.5 Å². The average Bonchev–Trinajstić information content (AvgIpc) is 3.02. The van der Waals surface area contributed by atoms with Gasteiger partial charge >= 0.3 is 5.69 Å². The second-order valence-corrected chi connectivity index (χ2v) is 11.3. The maximum atomic E-state index is 13.2. The molecule has 45 heavy (non-hydrogen) atoms. The van der Waals surface area contributed by atoms with Gasteiger partial charge in [-0.25, -0.2) is 4.79 Å². The van der Waals surface area contributed by atoms with E-state index in [2.05, 4.69) is 9.80 Å². The Hall–Kier alpha value is -4.16. The van der Waals surface area contributed by atoms with Gasteiger partial charge in [0, 0.05) is 61.2 Å². The fourth-order valence-corrected chi connectivity index (χ4v) is 5.59. The molecular formula is C33H46N6O6. The highest BCUT2D eigenvalue weighted by Gasteiger charge is 2.16. The molecule has 0 aliphatic heterocycles. The van der Waals surface area contributed by atoms with E-state index in [0.717, 1.165) is 58.3 Å². The highest BCUT2D eigenvalue weighted by atomic mass is 16.6. The van der Waals surface area contributed by atoms with Crippen LogP contribution in [0.25, 0.3) is 0 Å². The van der Waals surface area contributed by atoms with Crippen molar-refractivity contribution in [3.05, 3.63) is 112 Å². The van der Waals surface area contributed by atoms with Gasteiger partial charge in [-0.15, -0.1) is 0 Å². The zero-order valence-electron chi connectivity index (χ0n) is 26.7. The Morgan fingerprint density at radius 3 is 1.56 bits per heavy atom. The summed E-state index contributed by atoms with van der Waals surface area (Å²) in [5, 5.41) is 22.7. The summed E-state index contributed by atoms with van der Waals surface area (Å²) in [6, 6.07) is 15.2. The van der Waals surface area contributed by atoms with E-state index in [9.17, 15) is 29.8 Å². The number of nitro benzene ring substituents is 2. The number of nitro groups is 2. The largest absolute Gasteiger partial charge is 0.331 e. The van der Waals surface area contributed by atoms with Crippen LogP contribution in [-0.4, -0.2) is 55.0 Å². The van der Waals surface area contributed by atoms with Gasteiger partial charge in [0.25, 0.3) is 16.9 Å². The predicted molar refractivity (Wildman–Crippen MR) is 175 cm³/mol. The lowest BCUT2D eigenvalue weighted by molar-refractivity contribution is -0.385. The van der Waals surface area contributed by atoms with E-state index in [4.69, 9.17) is 0 Å². The van der Waals surface area contributed by atoms with Crippen LogP contribution in [0.1, 0.15) is 69.2 Å². The minimum absolute atomic E-state index is 0.130. The number of aromatic nitrogens is 2. The number of unbranched alkanes of at least 4 members (excludes halogenated alkanes) is 4. The highest BCUT2D eigenvalue weighted by Crippen LogP contribution is 2.21. The van der Waals surface area contributed by atoms with Gasteiger partial charge in [0.1, 0.15) is 0 Å². The first kappa shape index (κ1) is 35.3. The maximum Gasteiger partial charge on any atom is 0.331 e. The summed E-state index contributed by atoms with van der Waals surface area (Å²) >= 11 is 0. The Balaban J connectivity index is 1.46. The third kappa shape index (κ3) is 10.5. The molecule has 12 nitrogen and oxygen atoms in total. The van der Waals surface area contributed by atoms with Crippen molar-refractivity contribution in [3.8, 4) is 0 Å². The van der Waals surface area contributed by atoms with Crippen molar-refractivity contribution in [2.24, 2.45) is 0 Å². The molecule has 0 bridgehead atoms. The Morgan fingerprint density at radius 1 is 0.667 bits per heavy atom. The lowest BCUT2D eigenvalue weighted by Crippen LogP contribution is -2.40. The molecule has 0 atom stereocenters. The second kappa shape index (κ2) is 18.0. The van der Waals surface area contributed by atoms with Gasteiger partial charge in [-0.05, 0) is 58.8 Å². The van der Waals surface area contributed by atoms with Gasteiger partial charge < -0.3 is 0 Å². The molecule has 0 radical (unpaired) electrons. The van der Waals surface area contributed by atoms with E-state index < -0.39 is 0 Å². The minimum Gasteiger partial charge on any atom is -0.299 e. The molecule has 0 saturated carbocycles. The Labute approximate surface area is 264 Å². The number of hydrogen-bond donors (Lipinski definition) is 0. The summed E-state index contributed by atoms with van der Waals surface area (Å²) in [7, 11) is 0. The Bertz CT molecular complexity index is 1530. The van der Waals surface area contributed by atoms with Gasteiger partial charge in [-0.3, -0.25) is 44.0 Å². The van der Waals surface area contributed by atoms with Crippen molar-refractivity contribution >= 4 is 11.4 Å². The topological polar surface area (TPSA) is 137 Å². The molecule has 12 heteroatoms. The molecule has 0 fully saturated rings. The molecule has 0 spiro atoms. The quantitative estimate of drug-likeness (QED) is 0.0913. The van der Waals surface area contributed by atoms with Gasteiger partial charge in [-0.1, -0.05) is 63.1 Å². The number of benzene rings is 2. The fourth-order valence-electron chi connectivity index (χ4n) is 5.59. The molecule has 0 unspecified atom stereocenters. The monoisotopic (exact) mass is 622 g/mol. The number of aryl methyl sites for hydroxylation is 1. The standard InChI is InChI=1S/C33H46N6O6/c1-4-34(25-28-16-8-10-18-30(28)38(42)43)20-12-6-14-22-36-27(3)24-32(40)37(33(36)41)23-15-7-13-21-35(5-2)26-29-17-9-11-19-31(29)39(44)45/h8-11,16-19,24H,4-7,12-15,20-23,25-26H2,1-3H3. The van der Waals surface area contributed by atoms with Crippen molar-refractivity contribution in [1.82, 2.24) is 18.9 Å². The molecule has 0 amide bonds. The third-order valence-electron chi connectivity index (χ3n) is 8.26. The number of para-hydroxylation sites is 2. The molecule has 0 N–H and O–H groups in total. The summed E-state index contributed by atoms with van der Waals surface area (Å²) in [5.74, 6) is 0. The molecule has 0 aliphatic rings. The summed E-state index contributed by atoms with van der Waals surface area (Å²) in [5.41, 5.74) is 1.76. The normalized spacial score (nSPS) is 11.4. The molecule has 2 aromatic carbocycles. The first-order valence-corrected chi connectivity index (χ1v) is 15.9. The maximum absolute atomic E-state index is 13.2. The fraction of sp³-hybridized carbons (Fsp3) is 0.515. The number of hydrogen-bond acceptors (Lipinski definition) is 8. The van der Waals surface area contributed by atoms with Crippen LogP contribution in [0, 0.1) is 27.2 Å². The number of nitrogens with zero attached hydrogens (tertiary/aromatic N) is 6. The van der Waals surface area contributed by atoms with Gasteiger partial charge in [0.15, 0.2) is 0 Å². The van der Waals surface area contributed by atoms with Crippen LogP contribution in [0.4, 0.5) is 11.4 Å². The van der Waals surface area contributed by atoms with E-state index in [1.807, 2.05) is 26.0 Å². The SMILES string of the molecule is CCN(CCCCCn1c(C)cc(=O)n(CCCCCN(CC)Cc2ccccc2[N+](=O)[O-])c1=O)Cc1ccccc1[N+](=O)[O-]. The Kier molecular flexibility index (Phi) is 14.1. The van der Waals surface area contributed by atoms with E-state index >= 15 is 0 Å². The lowest BCUT2D eigenvalue weighted by Gasteiger charge is -2.20. The highest BCUT2D eigenvalue weighted by molar-refractivity contribution is 5.40. The zero-order chi connectivity index (χ0) is 32.8. The van der Waals surface area contributed by atoms with Crippen molar-refractivity contribution in [2.75, 3.05) is 26.2 Å². The molecule has 1 heterocycles. The summed E-state index contributed by atoms with van der Waals surface area (Å²) in [6.07, 6.45) is 4.94. The average molecular weight is 623 g/mol. The number of rotatable bonds is 20. The zero-order valence-corrected chi connectivity index (χ0v) is 26.7. The first-order valence-electron chi connectivity index (χ1n) is 15.9. The summed E-state index contributed by atoms with van der Waals surface area (Å²) in [4.78, 5) is 52.2. The van der Waals surface area contributed by atoms with Crippen LogP contribution in [0.2, 0.25) is 0 Å². The molecular weight excluding hydrogens is 576 g/mol. The van der Waals surface area contributed by atoms with Gasteiger partial charge in [0.05, 0.1) is 9.85 Å².